The van der Waals surface area contributed by atoms with Gasteiger partial charge in [0.05, 0.1) is 0 Å². The highest BCUT2D eigenvalue weighted by Gasteiger charge is 2.10. The monoisotopic (exact) mass is 179 g/mol. The third kappa shape index (κ3) is 2.30. The second-order valence-corrected chi connectivity index (χ2v) is 2.68. The molecule has 0 unspecified atom stereocenters. The van der Waals surface area contributed by atoms with E-state index in [1.165, 1.54) is 4.90 Å². The molecule has 0 fully saturated rings. The van der Waals surface area contributed by atoms with Gasteiger partial charge in [0.2, 0.25) is 6.41 Å². The Bertz CT molecular complexity index is 286. The van der Waals surface area contributed by atoms with Gasteiger partial charge in [-0.05, 0) is 17.6 Å². The molecule has 0 bridgehead atoms. The first-order chi connectivity index (χ1) is 6.15. The van der Waals surface area contributed by atoms with Gasteiger partial charge in [-0.2, -0.15) is 0 Å². The maximum absolute atomic E-state index is 10.4. The molecule has 1 aromatic carbocycles. The molecule has 4 nitrogen and oxygen atoms in total. The fraction of sp³-hybridized carbons (Fsp3) is 0.125. The largest absolute Gasteiger partial charge is 0.488 e. The van der Waals surface area contributed by atoms with Crippen LogP contribution >= 0.6 is 0 Å². The zero-order valence-electron chi connectivity index (χ0n) is 7.21. The number of hydrogen-bond donors (Lipinski definition) is 2. The van der Waals surface area contributed by atoms with Crippen LogP contribution in [0.5, 0.6) is 0 Å². The van der Waals surface area contributed by atoms with Crippen molar-refractivity contribution in [3.05, 3.63) is 24.3 Å². The van der Waals surface area contributed by atoms with Gasteiger partial charge in [-0.3, -0.25) is 4.79 Å². The second-order valence-electron chi connectivity index (χ2n) is 2.68. The predicted octanol–water partition coefficient (Wildman–Crippen LogP) is -1.04. The number of rotatable bonds is 3. The number of nitrogens with zero attached hydrogens (tertiary/aromatic N) is 1. The Morgan fingerprint density at radius 3 is 2.23 bits per heavy atom. The summed E-state index contributed by atoms with van der Waals surface area (Å²) in [5.41, 5.74) is 1.11. The average molecular weight is 179 g/mol. The molecule has 0 aliphatic heterocycles. The molecule has 0 spiro atoms. The third-order valence-electron chi connectivity index (χ3n) is 1.76. The number of anilines is 1. The quantitative estimate of drug-likeness (QED) is 0.460. The van der Waals surface area contributed by atoms with Crippen LogP contribution < -0.4 is 10.4 Å². The van der Waals surface area contributed by atoms with Crippen LogP contribution in [0.2, 0.25) is 0 Å². The lowest BCUT2D eigenvalue weighted by atomic mass is 9.80. The molecule has 0 aliphatic carbocycles. The van der Waals surface area contributed by atoms with Crippen LogP contribution in [0.15, 0.2) is 24.3 Å². The number of carbonyl (C=O) groups excluding carboxylic acids is 1. The zero-order chi connectivity index (χ0) is 9.84. The minimum absolute atomic E-state index is 0.406. The van der Waals surface area contributed by atoms with Gasteiger partial charge < -0.3 is 14.9 Å². The van der Waals surface area contributed by atoms with E-state index in [0.29, 0.717) is 17.6 Å². The molecular weight excluding hydrogens is 169 g/mol. The van der Waals surface area contributed by atoms with Gasteiger partial charge in [0.25, 0.3) is 0 Å². The number of hydrogen-bond acceptors (Lipinski definition) is 3. The van der Waals surface area contributed by atoms with Gasteiger partial charge in [-0.1, -0.05) is 12.1 Å². The van der Waals surface area contributed by atoms with E-state index < -0.39 is 7.12 Å². The molecule has 0 saturated heterocycles. The van der Waals surface area contributed by atoms with Crippen molar-refractivity contribution in [2.75, 3.05) is 11.9 Å². The van der Waals surface area contributed by atoms with E-state index in [9.17, 15) is 4.79 Å². The van der Waals surface area contributed by atoms with Crippen molar-refractivity contribution in [1.29, 1.82) is 0 Å². The van der Waals surface area contributed by atoms with Gasteiger partial charge in [0.15, 0.2) is 0 Å². The van der Waals surface area contributed by atoms with Crippen LogP contribution in [0.4, 0.5) is 5.69 Å². The first-order valence-electron chi connectivity index (χ1n) is 3.79. The van der Waals surface area contributed by atoms with E-state index >= 15 is 0 Å². The lowest BCUT2D eigenvalue weighted by Crippen LogP contribution is -2.29. The maximum atomic E-state index is 10.4. The SMILES string of the molecule is CN(C=O)c1ccc(B(O)O)cc1. The molecule has 0 aliphatic rings. The Kier molecular flexibility index (Phi) is 3.05. The fourth-order valence-electron chi connectivity index (χ4n) is 0.942. The minimum Gasteiger partial charge on any atom is -0.423 e. The maximum Gasteiger partial charge on any atom is 0.488 e. The van der Waals surface area contributed by atoms with E-state index in [0.717, 1.165) is 0 Å². The summed E-state index contributed by atoms with van der Waals surface area (Å²) in [6, 6.07) is 6.40. The lowest BCUT2D eigenvalue weighted by Gasteiger charge is -2.10. The molecule has 0 aromatic heterocycles. The van der Waals surface area contributed by atoms with Crippen LogP contribution in [0, 0.1) is 0 Å². The van der Waals surface area contributed by atoms with Crippen LogP contribution in [-0.2, 0) is 4.79 Å². The Balaban J connectivity index is 2.87. The predicted molar refractivity (Wildman–Crippen MR) is 50.7 cm³/mol. The Labute approximate surface area is 76.6 Å². The molecule has 0 radical (unpaired) electrons. The fourth-order valence-corrected chi connectivity index (χ4v) is 0.942. The summed E-state index contributed by atoms with van der Waals surface area (Å²) < 4.78 is 0. The standard InChI is InChI=1S/C8H10BNO3/c1-10(6-11)8-4-2-7(3-5-8)9(12)13/h2-6,12-13H,1H3. The second kappa shape index (κ2) is 4.07. The molecule has 5 heteroatoms. The van der Waals surface area contributed by atoms with Gasteiger partial charge >= 0.3 is 7.12 Å². The minimum atomic E-state index is -1.46. The first-order valence-corrected chi connectivity index (χ1v) is 3.79. The van der Waals surface area contributed by atoms with Crippen molar-refractivity contribution in [2.24, 2.45) is 0 Å². The van der Waals surface area contributed by atoms with Crippen molar-refractivity contribution in [3.8, 4) is 0 Å². The van der Waals surface area contributed by atoms with E-state index in [1.54, 1.807) is 31.3 Å². The van der Waals surface area contributed by atoms with Crippen molar-refractivity contribution in [1.82, 2.24) is 0 Å². The Hall–Kier alpha value is -1.33. The lowest BCUT2D eigenvalue weighted by molar-refractivity contribution is -0.107. The van der Waals surface area contributed by atoms with Crippen LogP contribution in [0.25, 0.3) is 0 Å². The summed E-state index contributed by atoms with van der Waals surface area (Å²) in [7, 11) is 0.160. The highest BCUT2D eigenvalue weighted by molar-refractivity contribution is 6.58. The van der Waals surface area contributed by atoms with E-state index in [2.05, 4.69) is 0 Å². The van der Waals surface area contributed by atoms with Crippen molar-refractivity contribution >= 4 is 24.7 Å². The first kappa shape index (κ1) is 9.76. The topological polar surface area (TPSA) is 60.8 Å². The van der Waals surface area contributed by atoms with Crippen LogP contribution in [0.3, 0.4) is 0 Å². The summed E-state index contributed by atoms with van der Waals surface area (Å²) in [6.45, 7) is 0. The van der Waals surface area contributed by atoms with Crippen molar-refractivity contribution < 1.29 is 14.8 Å². The third-order valence-corrected chi connectivity index (χ3v) is 1.76. The molecule has 0 atom stereocenters. The van der Waals surface area contributed by atoms with Crippen LogP contribution in [-0.4, -0.2) is 30.6 Å². The van der Waals surface area contributed by atoms with Crippen LogP contribution in [0.1, 0.15) is 0 Å². The van der Waals surface area contributed by atoms with E-state index in [-0.39, 0.29) is 0 Å². The summed E-state index contributed by atoms with van der Waals surface area (Å²) in [6.07, 6.45) is 0.685. The van der Waals surface area contributed by atoms with Gasteiger partial charge in [0, 0.05) is 12.7 Å². The molecule has 13 heavy (non-hydrogen) atoms. The molecule has 0 heterocycles. The molecule has 2 N–H and O–H groups in total. The van der Waals surface area contributed by atoms with Gasteiger partial charge in [-0.25, -0.2) is 0 Å². The summed E-state index contributed by atoms with van der Waals surface area (Å²) >= 11 is 0. The zero-order valence-corrected chi connectivity index (χ0v) is 7.21. The van der Waals surface area contributed by atoms with Crippen molar-refractivity contribution in [3.63, 3.8) is 0 Å². The van der Waals surface area contributed by atoms with E-state index in [1.807, 2.05) is 0 Å². The number of carbonyl (C=O) groups is 1. The highest BCUT2D eigenvalue weighted by atomic mass is 16.4. The number of amides is 1. The highest BCUT2D eigenvalue weighted by Crippen LogP contribution is 2.07. The van der Waals surface area contributed by atoms with E-state index in [4.69, 9.17) is 10.0 Å². The average Bonchev–Trinajstić information content (AvgIpc) is 2.17. The number of benzene rings is 1. The molecule has 1 rings (SSSR count). The van der Waals surface area contributed by atoms with Crippen molar-refractivity contribution in [2.45, 2.75) is 0 Å². The Morgan fingerprint density at radius 1 is 1.31 bits per heavy atom. The molecule has 1 amide bonds. The van der Waals surface area contributed by atoms with Gasteiger partial charge in [-0.15, -0.1) is 0 Å². The molecule has 0 saturated carbocycles. The summed E-state index contributed by atoms with van der Waals surface area (Å²) in [5, 5.41) is 17.6. The van der Waals surface area contributed by atoms with Gasteiger partial charge in [0.1, 0.15) is 0 Å². The summed E-state index contributed by atoms with van der Waals surface area (Å²) in [5.74, 6) is 0. The Morgan fingerprint density at radius 2 is 1.85 bits per heavy atom. The molecular formula is C8H10BNO3. The molecule has 68 valence electrons. The molecule has 1 aromatic rings. The summed E-state index contributed by atoms with van der Waals surface area (Å²) in [4.78, 5) is 11.7. The normalized spacial score (nSPS) is 9.46. The smallest absolute Gasteiger partial charge is 0.423 e.